The molecule has 0 radical (unpaired) electrons. The molecule has 0 aliphatic carbocycles. The Kier molecular flexibility index (Phi) is 2.42. The van der Waals surface area contributed by atoms with E-state index < -0.39 is 0 Å². The van der Waals surface area contributed by atoms with E-state index in [2.05, 4.69) is 20.4 Å². The van der Waals surface area contributed by atoms with E-state index in [4.69, 9.17) is 23.2 Å². The number of fused-ring (bicyclic) bond motifs is 1. The highest BCUT2D eigenvalue weighted by atomic mass is 35.5. The second-order valence-corrected chi connectivity index (χ2v) is 4.16. The van der Waals surface area contributed by atoms with Gasteiger partial charge < -0.3 is 4.57 Å². The van der Waals surface area contributed by atoms with Gasteiger partial charge in [0.15, 0.2) is 5.69 Å². The predicted octanol–water partition coefficient (Wildman–Crippen LogP) is 2.47. The highest BCUT2D eigenvalue weighted by Gasteiger charge is 2.12. The number of nitrogens with zero attached hydrogens (tertiary/aromatic N) is 5. The highest BCUT2D eigenvalue weighted by molar-refractivity contribution is 6.37. The Morgan fingerprint density at radius 1 is 1.06 bits per heavy atom. The molecule has 5 nitrogen and oxygen atoms in total. The summed E-state index contributed by atoms with van der Waals surface area (Å²) in [6, 6.07) is 5.30. The molecular formula is C10H5Cl2N5. The second-order valence-electron chi connectivity index (χ2n) is 3.35. The summed E-state index contributed by atoms with van der Waals surface area (Å²) < 4.78 is 1.70. The fraction of sp³-hybridized carbons (Fsp3) is 0. The summed E-state index contributed by atoms with van der Waals surface area (Å²) >= 11 is 12.2. The number of halogens is 2. The fourth-order valence-corrected chi connectivity index (χ4v) is 2.12. The summed E-state index contributed by atoms with van der Waals surface area (Å²) in [6.45, 7) is 0. The van der Waals surface area contributed by atoms with Crippen molar-refractivity contribution in [2.24, 2.45) is 0 Å². The molecule has 0 saturated heterocycles. The smallest absolute Gasteiger partial charge is 0.207 e. The third kappa shape index (κ3) is 1.73. The number of hydrogen-bond donors (Lipinski definition) is 0. The molecule has 17 heavy (non-hydrogen) atoms. The summed E-state index contributed by atoms with van der Waals surface area (Å²) in [4.78, 5) is 4.11. The number of aromatic nitrogens is 5. The van der Waals surface area contributed by atoms with Gasteiger partial charge in [-0.25, -0.2) is 4.98 Å². The molecule has 0 aromatic heterocycles. The molecule has 1 aromatic rings. The second kappa shape index (κ2) is 3.94. The largest absolute Gasteiger partial charge is 0.302 e. The first-order valence-electron chi connectivity index (χ1n) is 4.73. The third-order valence-electron chi connectivity index (χ3n) is 2.28. The average Bonchev–Trinajstić information content (AvgIpc) is 2.76. The van der Waals surface area contributed by atoms with Gasteiger partial charge in [0, 0.05) is 6.20 Å². The average molecular weight is 266 g/mol. The van der Waals surface area contributed by atoms with E-state index in [1.165, 1.54) is 0 Å². The van der Waals surface area contributed by atoms with E-state index in [0.29, 0.717) is 27.3 Å². The molecule has 3 rings (SSSR count). The lowest BCUT2D eigenvalue weighted by atomic mass is 10.3. The van der Waals surface area contributed by atoms with Crippen molar-refractivity contribution in [1.29, 1.82) is 0 Å². The molecule has 0 N–H and O–H groups in total. The van der Waals surface area contributed by atoms with Crippen molar-refractivity contribution >= 4 is 23.2 Å². The van der Waals surface area contributed by atoms with Crippen LogP contribution in [0.2, 0.25) is 10.0 Å². The quantitative estimate of drug-likeness (QED) is 0.678. The van der Waals surface area contributed by atoms with Crippen LogP contribution in [0.1, 0.15) is 0 Å². The van der Waals surface area contributed by atoms with Crippen LogP contribution >= 0.6 is 23.2 Å². The van der Waals surface area contributed by atoms with Gasteiger partial charge in [-0.2, -0.15) is 0 Å². The van der Waals surface area contributed by atoms with E-state index in [0.717, 1.165) is 0 Å². The van der Waals surface area contributed by atoms with Gasteiger partial charge in [-0.1, -0.05) is 29.3 Å². The van der Waals surface area contributed by atoms with Crippen molar-refractivity contribution in [2.45, 2.75) is 0 Å². The van der Waals surface area contributed by atoms with Crippen molar-refractivity contribution in [3.05, 3.63) is 40.8 Å². The van der Waals surface area contributed by atoms with E-state index in [1.807, 2.05) is 0 Å². The van der Waals surface area contributed by atoms with Gasteiger partial charge in [-0.3, -0.25) is 0 Å². The summed E-state index contributed by atoms with van der Waals surface area (Å²) in [7, 11) is 0. The van der Waals surface area contributed by atoms with Crippen LogP contribution < -0.4 is 0 Å². The van der Waals surface area contributed by atoms with Crippen LogP contribution in [0.25, 0.3) is 17.2 Å². The molecule has 2 aliphatic rings. The standard InChI is InChI=1S/C10H5Cl2N5/c11-6-2-1-3-7(12)9(6)17-4-8-10(13-5-17)15-16-14-8/h1-5H. The van der Waals surface area contributed by atoms with Crippen LogP contribution in [0.5, 0.6) is 0 Å². The first-order valence-corrected chi connectivity index (χ1v) is 5.49. The first-order chi connectivity index (χ1) is 8.25. The van der Waals surface area contributed by atoms with Gasteiger partial charge in [0.25, 0.3) is 0 Å². The van der Waals surface area contributed by atoms with E-state index in [9.17, 15) is 0 Å². The maximum atomic E-state index is 6.10. The third-order valence-corrected chi connectivity index (χ3v) is 2.89. The minimum atomic E-state index is 0.490. The normalized spacial score (nSPS) is 10.9. The van der Waals surface area contributed by atoms with Gasteiger partial charge >= 0.3 is 0 Å². The monoisotopic (exact) mass is 265 g/mol. The lowest BCUT2D eigenvalue weighted by Gasteiger charge is -2.10. The van der Waals surface area contributed by atoms with E-state index in [-0.39, 0.29) is 0 Å². The Morgan fingerprint density at radius 3 is 2.59 bits per heavy atom. The molecule has 2 heterocycles. The Bertz CT molecular complexity index is 631. The predicted molar refractivity (Wildman–Crippen MR) is 63.6 cm³/mol. The topological polar surface area (TPSA) is 56.5 Å². The molecule has 84 valence electrons. The summed E-state index contributed by atoms with van der Waals surface area (Å²) in [5.41, 5.74) is 1.25. The van der Waals surface area contributed by atoms with Crippen LogP contribution in [0, 0.1) is 0 Å². The summed E-state index contributed by atoms with van der Waals surface area (Å²) in [5.74, 6) is 0.490. The minimum absolute atomic E-state index is 0.490. The maximum Gasteiger partial charge on any atom is 0.207 e. The minimum Gasteiger partial charge on any atom is -0.302 e. The van der Waals surface area contributed by atoms with Crippen LogP contribution in [-0.2, 0) is 0 Å². The molecule has 7 heteroatoms. The van der Waals surface area contributed by atoms with Crippen LogP contribution in [0.4, 0.5) is 0 Å². The first kappa shape index (κ1) is 10.4. The molecule has 0 unspecified atom stereocenters. The summed E-state index contributed by atoms with van der Waals surface area (Å²) in [5, 5.41) is 12.2. The molecule has 0 saturated carbocycles. The Morgan fingerprint density at radius 2 is 1.82 bits per heavy atom. The Balaban J connectivity index is 2.25. The number of para-hydroxylation sites is 1. The molecular weight excluding hydrogens is 261 g/mol. The van der Waals surface area contributed by atoms with Gasteiger partial charge in [0.2, 0.25) is 5.82 Å². The van der Waals surface area contributed by atoms with Crippen LogP contribution in [-0.4, -0.2) is 25.0 Å². The van der Waals surface area contributed by atoms with Crippen molar-refractivity contribution in [3.63, 3.8) is 0 Å². The summed E-state index contributed by atoms with van der Waals surface area (Å²) in [6.07, 6.45) is 3.31. The zero-order valence-electron chi connectivity index (χ0n) is 8.38. The molecule has 1 aromatic carbocycles. The SMILES string of the molecule is Clc1cccc(Cl)c1-n1cnc2nnnc-2c1. The molecule has 0 atom stereocenters. The van der Waals surface area contributed by atoms with Gasteiger partial charge in [-0.05, 0) is 17.3 Å². The van der Waals surface area contributed by atoms with E-state index in [1.54, 1.807) is 35.3 Å². The van der Waals surface area contributed by atoms with Gasteiger partial charge in [0.1, 0.15) is 6.33 Å². The van der Waals surface area contributed by atoms with Gasteiger partial charge in [-0.15, -0.1) is 10.2 Å². The Labute approximate surface area is 106 Å². The fourth-order valence-electron chi connectivity index (χ4n) is 1.52. The molecule has 0 fully saturated rings. The van der Waals surface area contributed by atoms with E-state index >= 15 is 0 Å². The van der Waals surface area contributed by atoms with Gasteiger partial charge in [0.05, 0.1) is 15.7 Å². The van der Waals surface area contributed by atoms with Crippen molar-refractivity contribution in [1.82, 2.24) is 25.0 Å². The zero-order chi connectivity index (χ0) is 11.8. The van der Waals surface area contributed by atoms with Crippen LogP contribution in [0.3, 0.4) is 0 Å². The molecule has 0 bridgehead atoms. The van der Waals surface area contributed by atoms with Crippen molar-refractivity contribution < 1.29 is 0 Å². The zero-order valence-corrected chi connectivity index (χ0v) is 9.89. The van der Waals surface area contributed by atoms with Crippen molar-refractivity contribution in [2.75, 3.05) is 0 Å². The Hall–Kier alpha value is -1.72. The van der Waals surface area contributed by atoms with Crippen LogP contribution in [0.15, 0.2) is 30.7 Å². The molecule has 2 aliphatic heterocycles. The lowest BCUT2D eigenvalue weighted by Crippen LogP contribution is -2.00. The highest BCUT2D eigenvalue weighted by Crippen LogP contribution is 2.28. The maximum absolute atomic E-state index is 6.10. The lowest BCUT2D eigenvalue weighted by molar-refractivity contribution is 0.946. The van der Waals surface area contributed by atoms with Crippen molar-refractivity contribution in [3.8, 4) is 17.2 Å². The molecule has 0 amide bonds. The number of hydrogen-bond acceptors (Lipinski definition) is 4. The molecule has 0 spiro atoms. The number of benzene rings is 1. The number of rotatable bonds is 1.